The largest absolute Gasteiger partial charge is 0.475 e. The summed E-state index contributed by atoms with van der Waals surface area (Å²) in [7, 11) is 1.60. The fourth-order valence-electron chi connectivity index (χ4n) is 2.04. The van der Waals surface area contributed by atoms with E-state index in [1.54, 1.807) is 30.0 Å². The van der Waals surface area contributed by atoms with Crippen LogP contribution in [0.3, 0.4) is 0 Å². The van der Waals surface area contributed by atoms with Crippen molar-refractivity contribution in [2.45, 2.75) is 26.3 Å². The SMILES string of the molecule is CCCc1n[nH]c(=S)n1CC(=O)Nc1ccc(OCCOC)nc1. The molecule has 0 fully saturated rings. The van der Waals surface area contributed by atoms with Crippen molar-refractivity contribution in [3.63, 3.8) is 0 Å². The number of anilines is 1. The molecule has 0 unspecified atom stereocenters. The molecule has 2 heterocycles. The Morgan fingerprint density at radius 2 is 2.25 bits per heavy atom. The molecule has 24 heavy (non-hydrogen) atoms. The van der Waals surface area contributed by atoms with Crippen molar-refractivity contribution in [3.05, 3.63) is 28.9 Å². The molecule has 9 heteroatoms. The van der Waals surface area contributed by atoms with E-state index >= 15 is 0 Å². The van der Waals surface area contributed by atoms with Gasteiger partial charge in [-0.05, 0) is 24.7 Å². The van der Waals surface area contributed by atoms with Crippen LogP contribution in [-0.2, 0) is 22.5 Å². The average Bonchev–Trinajstić information content (AvgIpc) is 2.90. The highest BCUT2D eigenvalue weighted by Crippen LogP contribution is 2.12. The van der Waals surface area contributed by atoms with Gasteiger partial charge in [0.25, 0.3) is 0 Å². The Hall–Kier alpha value is -2.26. The van der Waals surface area contributed by atoms with Crippen molar-refractivity contribution in [2.24, 2.45) is 0 Å². The quantitative estimate of drug-likeness (QED) is 0.530. The molecule has 0 saturated carbocycles. The molecular weight excluding hydrogens is 330 g/mol. The van der Waals surface area contributed by atoms with E-state index < -0.39 is 0 Å². The predicted molar refractivity (Wildman–Crippen MR) is 91.6 cm³/mol. The molecule has 0 aliphatic rings. The number of ether oxygens (including phenoxy) is 2. The zero-order valence-electron chi connectivity index (χ0n) is 13.7. The van der Waals surface area contributed by atoms with E-state index in [2.05, 4.69) is 20.5 Å². The van der Waals surface area contributed by atoms with E-state index in [-0.39, 0.29) is 12.5 Å². The number of carbonyl (C=O) groups is 1. The fraction of sp³-hybridized carbons (Fsp3) is 0.467. The summed E-state index contributed by atoms with van der Waals surface area (Å²) in [6.07, 6.45) is 3.23. The number of hydrogen-bond donors (Lipinski definition) is 2. The Morgan fingerprint density at radius 1 is 1.42 bits per heavy atom. The second kappa shape index (κ2) is 9.14. The van der Waals surface area contributed by atoms with Crippen molar-refractivity contribution in [2.75, 3.05) is 25.6 Å². The summed E-state index contributed by atoms with van der Waals surface area (Å²) < 4.78 is 12.4. The van der Waals surface area contributed by atoms with E-state index in [1.807, 2.05) is 6.92 Å². The van der Waals surface area contributed by atoms with Crippen LogP contribution in [0.4, 0.5) is 5.69 Å². The third kappa shape index (κ3) is 5.14. The topological polar surface area (TPSA) is 94.1 Å². The molecule has 0 aliphatic heterocycles. The smallest absolute Gasteiger partial charge is 0.244 e. The average molecular weight is 351 g/mol. The highest BCUT2D eigenvalue weighted by molar-refractivity contribution is 7.71. The number of rotatable bonds is 9. The third-order valence-electron chi connectivity index (χ3n) is 3.17. The predicted octanol–water partition coefficient (Wildman–Crippen LogP) is 1.95. The zero-order valence-corrected chi connectivity index (χ0v) is 14.6. The summed E-state index contributed by atoms with van der Waals surface area (Å²) >= 11 is 5.16. The Balaban J connectivity index is 1.93. The van der Waals surface area contributed by atoms with Crippen LogP contribution in [0.25, 0.3) is 0 Å². The van der Waals surface area contributed by atoms with Gasteiger partial charge in [0.05, 0.1) is 18.5 Å². The van der Waals surface area contributed by atoms with E-state index in [4.69, 9.17) is 21.7 Å². The van der Waals surface area contributed by atoms with E-state index in [0.29, 0.717) is 29.6 Å². The Kier molecular flexibility index (Phi) is 6.89. The van der Waals surface area contributed by atoms with Gasteiger partial charge in [0.15, 0.2) is 4.77 Å². The first-order chi connectivity index (χ1) is 11.6. The lowest BCUT2D eigenvalue weighted by Gasteiger charge is -2.08. The van der Waals surface area contributed by atoms with Gasteiger partial charge in [-0.15, -0.1) is 0 Å². The molecular formula is C15H21N5O3S. The number of aryl methyl sites for hydroxylation is 1. The van der Waals surface area contributed by atoms with Crippen molar-refractivity contribution in [3.8, 4) is 5.88 Å². The molecule has 0 saturated heterocycles. The highest BCUT2D eigenvalue weighted by atomic mass is 32.1. The Morgan fingerprint density at radius 3 is 2.92 bits per heavy atom. The van der Waals surface area contributed by atoms with Crippen LogP contribution in [0.1, 0.15) is 19.2 Å². The minimum Gasteiger partial charge on any atom is -0.475 e. The summed E-state index contributed by atoms with van der Waals surface area (Å²) in [6.45, 7) is 3.07. The maximum atomic E-state index is 12.2. The molecule has 0 spiro atoms. The maximum absolute atomic E-state index is 12.2. The van der Waals surface area contributed by atoms with Gasteiger partial charge in [-0.3, -0.25) is 14.5 Å². The van der Waals surface area contributed by atoms with Gasteiger partial charge in [0.1, 0.15) is 19.0 Å². The number of nitrogens with one attached hydrogen (secondary N) is 2. The molecule has 1 amide bonds. The lowest BCUT2D eigenvalue weighted by atomic mass is 10.3. The number of hydrogen-bond acceptors (Lipinski definition) is 6. The normalized spacial score (nSPS) is 10.6. The lowest BCUT2D eigenvalue weighted by molar-refractivity contribution is -0.116. The number of pyridine rings is 1. The second-order valence-electron chi connectivity index (χ2n) is 5.06. The van der Waals surface area contributed by atoms with E-state index in [0.717, 1.165) is 18.7 Å². The monoisotopic (exact) mass is 351 g/mol. The first-order valence-corrected chi connectivity index (χ1v) is 8.06. The molecule has 2 N–H and O–H groups in total. The minimum atomic E-state index is -0.195. The Labute approximate surface area is 145 Å². The van der Waals surface area contributed by atoms with Crippen LogP contribution < -0.4 is 10.1 Å². The first-order valence-electron chi connectivity index (χ1n) is 7.65. The first kappa shape index (κ1) is 18.1. The third-order valence-corrected chi connectivity index (χ3v) is 3.48. The molecule has 0 atom stereocenters. The lowest BCUT2D eigenvalue weighted by Crippen LogP contribution is -2.20. The van der Waals surface area contributed by atoms with Crippen LogP contribution in [-0.4, -0.2) is 46.0 Å². The van der Waals surface area contributed by atoms with Crippen molar-refractivity contribution < 1.29 is 14.3 Å². The number of H-pyrrole nitrogens is 1. The van der Waals surface area contributed by atoms with Crippen molar-refractivity contribution in [1.82, 2.24) is 19.7 Å². The van der Waals surface area contributed by atoms with Gasteiger partial charge in [0, 0.05) is 19.6 Å². The van der Waals surface area contributed by atoms with Crippen LogP contribution in [0.15, 0.2) is 18.3 Å². The molecule has 2 aromatic heterocycles. The van der Waals surface area contributed by atoms with Gasteiger partial charge in [-0.25, -0.2) is 4.98 Å². The minimum absolute atomic E-state index is 0.108. The molecule has 130 valence electrons. The molecule has 0 radical (unpaired) electrons. The van der Waals surface area contributed by atoms with Gasteiger partial charge >= 0.3 is 0 Å². The van der Waals surface area contributed by atoms with Crippen LogP contribution >= 0.6 is 12.2 Å². The van der Waals surface area contributed by atoms with E-state index in [1.165, 1.54) is 0 Å². The molecule has 0 bridgehead atoms. The molecule has 2 aromatic rings. The Bertz CT molecular complexity index is 711. The standard InChI is InChI=1S/C15H21N5O3S/c1-3-4-12-18-19-15(24)20(12)10-13(21)17-11-5-6-14(16-9-11)23-8-7-22-2/h5-6,9H,3-4,7-8,10H2,1-2H3,(H,17,21)(H,19,24). The number of carbonyl (C=O) groups excluding carboxylic acids is 1. The summed E-state index contributed by atoms with van der Waals surface area (Å²) in [5.74, 6) is 1.06. The number of aromatic amines is 1. The number of amides is 1. The van der Waals surface area contributed by atoms with Crippen LogP contribution in [0.2, 0.25) is 0 Å². The van der Waals surface area contributed by atoms with E-state index in [9.17, 15) is 4.79 Å². The fourth-order valence-corrected chi connectivity index (χ4v) is 2.26. The molecule has 0 aliphatic carbocycles. The maximum Gasteiger partial charge on any atom is 0.244 e. The van der Waals surface area contributed by atoms with Crippen LogP contribution in [0.5, 0.6) is 5.88 Å². The second-order valence-corrected chi connectivity index (χ2v) is 5.44. The number of aromatic nitrogens is 4. The van der Waals surface area contributed by atoms with Gasteiger partial charge < -0.3 is 14.8 Å². The summed E-state index contributed by atoms with van der Waals surface area (Å²) in [6, 6.07) is 3.42. The summed E-state index contributed by atoms with van der Waals surface area (Å²) in [4.78, 5) is 16.3. The zero-order chi connectivity index (χ0) is 17.4. The van der Waals surface area contributed by atoms with Crippen molar-refractivity contribution in [1.29, 1.82) is 0 Å². The van der Waals surface area contributed by atoms with Crippen LogP contribution in [0, 0.1) is 4.77 Å². The number of nitrogens with zero attached hydrogens (tertiary/aromatic N) is 3. The van der Waals surface area contributed by atoms with Gasteiger partial charge in [-0.1, -0.05) is 6.92 Å². The van der Waals surface area contributed by atoms with Gasteiger partial charge in [-0.2, -0.15) is 5.10 Å². The van der Waals surface area contributed by atoms with Gasteiger partial charge in [0.2, 0.25) is 11.8 Å². The summed E-state index contributed by atoms with van der Waals surface area (Å²) in [5.41, 5.74) is 0.589. The number of methoxy groups -OCH3 is 1. The molecule has 0 aromatic carbocycles. The molecule has 8 nitrogen and oxygen atoms in total. The summed E-state index contributed by atoms with van der Waals surface area (Å²) in [5, 5.41) is 9.64. The van der Waals surface area contributed by atoms with Crippen molar-refractivity contribution >= 4 is 23.8 Å². The highest BCUT2D eigenvalue weighted by Gasteiger charge is 2.10. The molecule has 2 rings (SSSR count).